The van der Waals surface area contributed by atoms with Crippen LogP contribution in [0.4, 0.5) is 0 Å². The summed E-state index contributed by atoms with van der Waals surface area (Å²) in [4.78, 5) is 25.7. The molecule has 0 aromatic heterocycles. The van der Waals surface area contributed by atoms with Gasteiger partial charge in [0.2, 0.25) is 0 Å². The molecule has 66 heavy (non-hydrogen) atoms. The van der Waals surface area contributed by atoms with E-state index in [1.165, 1.54) is 12.8 Å². The highest BCUT2D eigenvalue weighted by Gasteiger charge is 2.47. The van der Waals surface area contributed by atoms with E-state index in [0.717, 1.165) is 89.9 Å². The maximum Gasteiger partial charge on any atom is 0.306 e. The van der Waals surface area contributed by atoms with Gasteiger partial charge in [0.25, 0.3) is 0 Å². The van der Waals surface area contributed by atoms with Crippen molar-refractivity contribution in [3.05, 3.63) is 72.9 Å². The molecular formula is C51H84O15. The smallest absolute Gasteiger partial charge is 0.306 e. The Hall–Kier alpha value is -3.06. The minimum Gasteiger partial charge on any atom is -0.462 e. The van der Waals surface area contributed by atoms with Crippen molar-refractivity contribution < 1.29 is 73.8 Å². The third-order valence-corrected chi connectivity index (χ3v) is 11.2. The molecule has 0 spiro atoms. The first-order chi connectivity index (χ1) is 32.0. The first-order valence-corrected chi connectivity index (χ1v) is 24.5. The van der Waals surface area contributed by atoms with E-state index >= 15 is 0 Å². The van der Waals surface area contributed by atoms with Crippen molar-refractivity contribution in [2.24, 2.45) is 0 Å². The van der Waals surface area contributed by atoms with Crippen LogP contribution in [0, 0.1) is 0 Å². The molecule has 7 N–H and O–H groups in total. The number of carbonyl (C=O) groups excluding carboxylic acids is 2. The summed E-state index contributed by atoms with van der Waals surface area (Å²) in [6.07, 6.45) is 26.6. The SMILES string of the molecule is CC/C=C/C/C=C/C/C=C/C/C=C/C/C=C/CCCCCC(=O)OC[C@@H](CO[C@@H]1O[C@H](CO[C@@H]2O[C@H](CO)[C@H](O)C(O)C2O)[C@H](O)C(O)C1O)OC(=O)CCCCCCC/C=C/CCCC. The second-order valence-electron chi connectivity index (χ2n) is 16.9. The maximum atomic E-state index is 12.9. The molecule has 2 aliphatic heterocycles. The van der Waals surface area contributed by atoms with E-state index in [1.807, 2.05) is 0 Å². The van der Waals surface area contributed by atoms with Crippen LogP contribution in [0.1, 0.15) is 142 Å². The van der Waals surface area contributed by atoms with Crippen LogP contribution in [0.15, 0.2) is 72.9 Å². The minimum atomic E-state index is -1.77. The lowest BCUT2D eigenvalue weighted by Gasteiger charge is -2.42. The van der Waals surface area contributed by atoms with E-state index in [-0.39, 0.29) is 19.4 Å². The van der Waals surface area contributed by atoms with E-state index in [2.05, 4.69) is 86.8 Å². The molecule has 2 saturated heterocycles. The minimum absolute atomic E-state index is 0.143. The average molecular weight is 937 g/mol. The van der Waals surface area contributed by atoms with Crippen LogP contribution in [0.3, 0.4) is 0 Å². The Balaban J connectivity index is 1.83. The Morgan fingerprint density at radius 2 is 0.955 bits per heavy atom. The van der Waals surface area contributed by atoms with E-state index in [1.54, 1.807) is 0 Å². The molecule has 2 aliphatic rings. The zero-order valence-corrected chi connectivity index (χ0v) is 39.6. The molecule has 0 bridgehead atoms. The first-order valence-electron chi connectivity index (χ1n) is 24.5. The van der Waals surface area contributed by atoms with Crippen LogP contribution in [-0.2, 0) is 38.0 Å². The van der Waals surface area contributed by atoms with Crippen molar-refractivity contribution >= 4 is 11.9 Å². The van der Waals surface area contributed by atoms with Gasteiger partial charge in [0.15, 0.2) is 18.7 Å². The highest BCUT2D eigenvalue weighted by atomic mass is 16.7. The Labute approximate surface area is 393 Å². The quantitative estimate of drug-likeness (QED) is 0.0209. The maximum absolute atomic E-state index is 12.9. The molecule has 0 saturated carbocycles. The highest BCUT2D eigenvalue weighted by molar-refractivity contribution is 5.70. The molecular weight excluding hydrogens is 853 g/mol. The van der Waals surface area contributed by atoms with Crippen LogP contribution < -0.4 is 0 Å². The number of hydrogen-bond acceptors (Lipinski definition) is 15. The standard InChI is InChI=1S/C51H84O15/c1-3-5-7-9-11-13-15-16-17-18-19-20-21-22-24-25-27-29-31-33-42(53)61-36-39(64-43(54)34-32-30-28-26-23-14-12-10-8-6-4-2)37-62-50-49(60)47(58)45(56)41(66-50)38-63-51-48(59)46(57)44(55)40(35-52)65-51/h5,7,10-13,16-17,19-20,22,24,39-41,44-52,55-60H,3-4,6,8-9,14-15,18,21,23,25-38H2,1-2H3/b7-5+,12-10+,13-11+,17-16+,20-19+,24-22+/t39-,40+,41+,44-,45-,46?,47?,48?,49?,50+,51+/m0/s1. The van der Waals surface area contributed by atoms with Crippen LogP contribution in [0.25, 0.3) is 0 Å². The summed E-state index contributed by atoms with van der Waals surface area (Å²) >= 11 is 0. The van der Waals surface area contributed by atoms with Crippen LogP contribution in [-0.4, -0.2) is 142 Å². The van der Waals surface area contributed by atoms with Gasteiger partial charge < -0.3 is 64.2 Å². The molecule has 15 nitrogen and oxygen atoms in total. The van der Waals surface area contributed by atoms with Gasteiger partial charge in [-0.2, -0.15) is 0 Å². The van der Waals surface area contributed by atoms with Crippen molar-refractivity contribution in [1.29, 1.82) is 0 Å². The predicted molar refractivity (Wildman–Crippen MR) is 252 cm³/mol. The molecule has 11 atom stereocenters. The van der Waals surface area contributed by atoms with Gasteiger partial charge >= 0.3 is 11.9 Å². The van der Waals surface area contributed by atoms with Crippen molar-refractivity contribution in [1.82, 2.24) is 0 Å². The molecule has 2 heterocycles. The number of ether oxygens (including phenoxy) is 6. The first kappa shape index (κ1) is 59.1. The molecule has 0 aromatic carbocycles. The van der Waals surface area contributed by atoms with Crippen LogP contribution in [0.5, 0.6) is 0 Å². The number of carbonyl (C=O) groups is 2. The molecule has 0 radical (unpaired) electrons. The zero-order chi connectivity index (χ0) is 48.2. The van der Waals surface area contributed by atoms with E-state index < -0.39 is 99.3 Å². The number of aliphatic hydroxyl groups excluding tert-OH is 7. The van der Waals surface area contributed by atoms with E-state index in [9.17, 15) is 45.3 Å². The summed E-state index contributed by atoms with van der Waals surface area (Å²) in [7, 11) is 0. The molecule has 4 unspecified atom stereocenters. The lowest BCUT2D eigenvalue weighted by atomic mass is 9.98. The van der Waals surface area contributed by atoms with Gasteiger partial charge in [0.05, 0.1) is 19.8 Å². The largest absolute Gasteiger partial charge is 0.462 e. The number of aliphatic hydroxyl groups is 7. The molecule has 0 aromatic rings. The van der Waals surface area contributed by atoms with Gasteiger partial charge in [0.1, 0.15) is 55.4 Å². The fourth-order valence-corrected chi connectivity index (χ4v) is 7.10. The second-order valence-corrected chi connectivity index (χ2v) is 16.9. The summed E-state index contributed by atoms with van der Waals surface area (Å²) in [5.74, 6) is -0.982. The number of unbranched alkanes of at least 4 members (excludes halogenated alkanes) is 10. The van der Waals surface area contributed by atoms with Gasteiger partial charge in [-0.05, 0) is 77.0 Å². The summed E-state index contributed by atoms with van der Waals surface area (Å²) in [6, 6.07) is 0. The Bertz CT molecular complexity index is 1430. The predicted octanol–water partition coefficient (Wildman–Crippen LogP) is 6.26. The Morgan fingerprint density at radius 3 is 1.53 bits per heavy atom. The fourth-order valence-electron chi connectivity index (χ4n) is 7.10. The number of allylic oxidation sites excluding steroid dienone is 12. The second kappa shape index (κ2) is 37.9. The van der Waals surface area contributed by atoms with Crippen molar-refractivity contribution in [2.75, 3.05) is 26.4 Å². The average Bonchev–Trinajstić information content (AvgIpc) is 3.31. The van der Waals surface area contributed by atoms with E-state index in [4.69, 9.17) is 28.4 Å². The third kappa shape index (κ3) is 25.9. The number of rotatable bonds is 36. The van der Waals surface area contributed by atoms with Gasteiger partial charge in [0, 0.05) is 12.8 Å². The fraction of sp³-hybridized carbons (Fsp3) is 0.725. The summed E-state index contributed by atoms with van der Waals surface area (Å²) in [6.45, 7) is 2.36. The lowest BCUT2D eigenvalue weighted by Crippen LogP contribution is -2.61. The molecule has 2 rings (SSSR count). The van der Waals surface area contributed by atoms with Gasteiger partial charge in [-0.15, -0.1) is 0 Å². The summed E-state index contributed by atoms with van der Waals surface area (Å²) in [5, 5.41) is 72.0. The van der Waals surface area contributed by atoms with E-state index in [0.29, 0.717) is 12.8 Å². The van der Waals surface area contributed by atoms with Gasteiger partial charge in [-0.25, -0.2) is 0 Å². The lowest BCUT2D eigenvalue weighted by molar-refractivity contribution is -0.332. The normalized spacial score (nSPS) is 26.8. The van der Waals surface area contributed by atoms with Crippen molar-refractivity contribution in [3.63, 3.8) is 0 Å². The monoisotopic (exact) mass is 937 g/mol. The molecule has 2 fully saturated rings. The Kier molecular flexibility index (Phi) is 33.9. The van der Waals surface area contributed by atoms with Crippen LogP contribution in [0.2, 0.25) is 0 Å². The van der Waals surface area contributed by atoms with Gasteiger partial charge in [-0.3, -0.25) is 9.59 Å². The van der Waals surface area contributed by atoms with Gasteiger partial charge in [-0.1, -0.05) is 125 Å². The van der Waals surface area contributed by atoms with Crippen molar-refractivity contribution in [3.8, 4) is 0 Å². The molecule has 0 amide bonds. The zero-order valence-electron chi connectivity index (χ0n) is 39.6. The van der Waals surface area contributed by atoms with Crippen LogP contribution >= 0.6 is 0 Å². The number of hydrogen-bond donors (Lipinski definition) is 7. The summed E-state index contributed by atoms with van der Waals surface area (Å²) in [5.41, 5.74) is 0. The topological polar surface area (TPSA) is 231 Å². The number of esters is 2. The summed E-state index contributed by atoms with van der Waals surface area (Å²) < 4.78 is 33.4. The van der Waals surface area contributed by atoms with Crippen molar-refractivity contribution in [2.45, 2.75) is 210 Å². The third-order valence-electron chi connectivity index (χ3n) is 11.2. The highest BCUT2D eigenvalue weighted by Crippen LogP contribution is 2.26. The molecule has 0 aliphatic carbocycles. The molecule has 15 heteroatoms. The molecule has 378 valence electrons. The Morgan fingerprint density at radius 1 is 0.500 bits per heavy atom.